The van der Waals surface area contributed by atoms with Crippen LogP contribution in [-0.2, 0) is 23.5 Å². The van der Waals surface area contributed by atoms with Gasteiger partial charge in [-0.1, -0.05) is 24.3 Å². The number of amides is 2. The molecule has 3 aromatic rings. The van der Waals surface area contributed by atoms with Gasteiger partial charge in [0.1, 0.15) is 11.6 Å². The number of carbonyl (C=O) groups excluding carboxylic acids is 2. The van der Waals surface area contributed by atoms with Crippen LogP contribution in [0.2, 0.25) is 0 Å². The van der Waals surface area contributed by atoms with Crippen molar-refractivity contribution >= 4 is 27.7 Å². The normalized spacial score (nSPS) is 13.2. The molecule has 4 rings (SSSR count). The van der Waals surface area contributed by atoms with Crippen molar-refractivity contribution in [1.29, 1.82) is 5.26 Å². The van der Waals surface area contributed by atoms with E-state index < -0.39 is 10.0 Å². The van der Waals surface area contributed by atoms with Crippen LogP contribution >= 0.6 is 0 Å². The smallest absolute Gasteiger partial charge is 0.263 e. The summed E-state index contributed by atoms with van der Waals surface area (Å²) in [4.78, 5) is 26.1. The molecule has 0 saturated heterocycles. The Morgan fingerprint density at radius 2 is 1.65 bits per heavy atom. The molecule has 9 nitrogen and oxygen atoms in total. The molecule has 0 saturated carbocycles. The molecule has 0 atom stereocenters. The van der Waals surface area contributed by atoms with Crippen LogP contribution in [0, 0.1) is 11.3 Å². The number of hydrogen-bond donors (Lipinski definition) is 1. The van der Waals surface area contributed by atoms with Gasteiger partial charge >= 0.3 is 0 Å². The van der Waals surface area contributed by atoms with E-state index in [1.165, 1.54) is 35.0 Å². The first-order valence-corrected chi connectivity index (χ1v) is 10.8. The van der Waals surface area contributed by atoms with Gasteiger partial charge in [0.05, 0.1) is 22.2 Å². The second-order valence-electron chi connectivity index (χ2n) is 6.95. The fourth-order valence-corrected chi connectivity index (χ4v) is 4.45. The molecule has 0 unspecified atom stereocenters. The molecule has 1 aromatic heterocycles. The zero-order valence-electron chi connectivity index (χ0n) is 16.4. The molecule has 0 fully saturated rings. The molecule has 0 spiro atoms. The van der Waals surface area contributed by atoms with Crippen molar-refractivity contribution in [1.82, 2.24) is 14.7 Å². The summed E-state index contributed by atoms with van der Waals surface area (Å²) in [7, 11) is -2.39. The van der Waals surface area contributed by atoms with Crippen LogP contribution < -0.4 is 4.72 Å². The van der Waals surface area contributed by atoms with Crippen LogP contribution in [0.25, 0.3) is 0 Å². The van der Waals surface area contributed by atoms with Gasteiger partial charge < -0.3 is 0 Å². The quantitative estimate of drug-likeness (QED) is 0.590. The second kappa shape index (κ2) is 7.70. The predicted molar refractivity (Wildman–Crippen MR) is 111 cm³/mol. The van der Waals surface area contributed by atoms with Crippen molar-refractivity contribution in [2.75, 3.05) is 11.3 Å². The number of hydrogen-bond acceptors (Lipinski definition) is 6. The van der Waals surface area contributed by atoms with E-state index in [2.05, 4.69) is 9.82 Å². The summed E-state index contributed by atoms with van der Waals surface area (Å²) in [6, 6.07) is 14.7. The van der Waals surface area contributed by atoms with Crippen LogP contribution in [0.5, 0.6) is 0 Å². The topological polar surface area (TPSA) is 125 Å². The second-order valence-corrected chi connectivity index (χ2v) is 8.63. The van der Waals surface area contributed by atoms with E-state index in [1.807, 2.05) is 6.07 Å². The van der Waals surface area contributed by atoms with Gasteiger partial charge in [0.2, 0.25) is 0 Å². The Labute approximate surface area is 178 Å². The number of imide groups is 1. The summed E-state index contributed by atoms with van der Waals surface area (Å²) in [5.74, 6) is -0.570. The Kier molecular flexibility index (Phi) is 5.04. The maximum Gasteiger partial charge on any atom is 0.263 e. The number of nitrogens with one attached hydrogen (secondary N) is 1. The number of aromatic nitrogens is 2. The van der Waals surface area contributed by atoms with Crippen molar-refractivity contribution in [3.8, 4) is 6.07 Å². The largest absolute Gasteiger partial charge is 0.274 e. The van der Waals surface area contributed by atoms with Crippen molar-refractivity contribution in [3.05, 3.63) is 77.0 Å². The Morgan fingerprint density at radius 1 is 1.03 bits per heavy atom. The van der Waals surface area contributed by atoms with E-state index in [1.54, 1.807) is 36.4 Å². The lowest BCUT2D eigenvalue weighted by atomic mass is 10.1. The van der Waals surface area contributed by atoms with Crippen LogP contribution in [0.1, 0.15) is 31.8 Å². The Bertz CT molecular complexity index is 1300. The number of nitrogens with zero attached hydrogens (tertiary/aromatic N) is 4. The molecular weight excluding hydrogens is 418 g/mol. The third kappa shape index (κ3) is 3.67. The Balaban J connectivity index is 1.45. The van der Waals surface area contributed by atoms with Crippen molar-refractivity contribution in [2.24, 2.45) is 7.05 Å². The van der Waals surface area contributed by atoms with Gasteiger partial charge in [-0.2, -0.15) is 10.4 Å². The van der Waals surface area contributed by atoms with Gasteiger partial charge in [-0.3, -0.25) is 23.9 Å². The number of sulfonamides is 1. The number of fused-ring (bicyclic) bond motifs is 1. The minimum absolute atomic E-state index is 0.0158. The number of nitriles is 1. The predicted octanol–water partition coefficient (Wildman–Crippen LogP) is 1.93. The summed E-state index contributed by atoms with van der Waals surface area (Å²) in [5, 5.41) is 13.0. The van der Waals surface area contributed by atoms with Gasteiger partial charge in [0, 0.05) is 13.6 Å². The molecule has 2 aromatic carbocycles. The molecule has 1 aliphatic rings. The lowest BCUT2D eigenvalue weighted by Gasteiger charge is -2.14. The molecule has 10 heteroatoms. The van der Waals surface area contributed by atoms with E-state index in [9.17, 15) is 18.0 Å². The molecule has 1 N–H and O–H groups in total. The maximum atomic E-state index is 12.7. The minimum Gasteiger partial charge on any atom is -0.274 e. The van der Waals surface area contributed by atoms with Crippen LogP contribution in [0.4, 0.5) is 5.82 Å². The van der Waals surface area contributed by atoms with Gasteiger partial charge in [0.15, 0.2) is 5.82 Å². The van der Waals surface area contributed by atoms with E-state index in [-0.39, 0.29) is 34.6 Å². The SMILES string of the molecule is Cn1ncc(C#N)c1NS(=O)(=O)c1ccc(CCN2C(=O)c3ccccc3C2=O)cc1. The fourth-order valence-electron chi connectivity index (χ4n) is 3.34. The van der Waals surface area contributed by atoms with Gasteiger partial charge in [-0.15, -0.1) is 0 Å². The summed E-state index contributed by atoms with van der Waals surface area (Å²) >= 11 is 0. The number of aryl methyl sites for hydroxylation is 1. The average Bonchev–Trinajstić information content (AvgIpc) is 3.23. The zero-order valence-corrected chi connectivity index (χ0v) is 17.3. The van der Waals surface area contributed by atoms with Crippen molar-refractivity contribution < 1.29 is 18.0 Å². The molecule has 1 aliphatic heterocycles. The van der Waals surface area contributed by atoms with Crippen molar-refractivity contribution in [2.45, 2.75) is 11.3 Å². The van der Waals surface area contributed by atoms with E-state index in [0.29, 0.717) is 17.5 Å². The Hall–Kier alpha value is -3.97. The third-order valence-corrected chi connectivity index (χ3v) is 6.38. The fraction of sp³-hybridized carbons (Fsp3) is 0.143. The van der Waals surface area contributed by atoms with Crippen molar-refractivity contribution in [3.63, 3.8) is 0 Å². The number of anilines is 1. The van der Waals surface area contributed by atoms with E-state index in [0.717, 1.165) is 5.56 Å². The average molecular weight is 435 g/mol. The van der Waals surface area contributed by atoms with E-state index >= 15 is 0 Å². The molecule has 2 heterocycles. The Morgan fingerprint density at radius 3 is 2.23 bits per heavy atom. The minimum atomic E-state index is -3.92. The highest BCUT2D eigenvalue weighted by Crippen LogP contribution is 2.23. The number of rotatable bonds is 6. The third-order valence-electron chi connectivity index (χ3n) is 5.03. The molecular formula is C21H17N5O4S. The highest BCUT2D eigenvalue weighted by atomic mass is 32.2. The van der Waals surface area contributed by atoms with Crippen LogP contribution in [0.3, 0.4) is 0 Å². The van der Waals surface area contributed by atoms with Crippen LogP contribution in [0.15, 0.2) is 59.6 Å². The van der Waals surface area contributed by atoms with E-state index in [4.69, 9.17) is 5.26 Å². The van der Waals surface area contributed by atoms with Gasteiger partial charge in [-0.05, 0) is 36.2 Å². The number of benzene rings is 2. The van der Waals surface area contributed by atoms with Crippen LogP contribution in [-0.4, -0.2) is 41.5 Å². The summed E-state index contributed by atoms with van der Waals surface area (Å²) in [6.45, 7) is 0.192. The lowest BCUT2D eigenvalue weighted by Crippen LogP contribution is -2.31. The maximum absolute atomic E-state index is 12.7. The summed E-state index contributed by atoms with van der Waals surface area (Å²) in [5.41, 5.74) is 1.68. The summed E-state index contributed by atoms with van der Waals surface area (Å²) < 4.78 is 28.9. The first-order valence-electron chi connectivity index (χ1n) is 9.31. The first-order chi connectivity index (χ1) is 14.8. The highest BCUT2D eigenvalue weighted by Gasteiger charge is 2.34. The van der Waals surface area contributed by atoms with Gasteiger partial charge in [-0.25, -0.2) is 8.42 Å². The number of carbonyl (C=O) groups is 2. The van der Waals surface area contributed by atoms with Gasteiger partial charge in [0.25, 0.3) is 21.8 Å². The molecule has 0 bridgehead atoms. The zero-order chi connectivity index (χ0) is 22.2. The first kappa shape index (κ1) is 20.3. The lowest BCUT2D eigenvalue weighted by molar-refractivity contribution is 0.0656. The highest BCUT2D eigenvalue weighted by molar-refractivity contribution is 7.92. The monoisotopic (exact) mass is 435 g/mol. The molecule has 31 heavy (non-hydrogen) atoms. The molecule has 0 aliphatic carbocycles. The summed E-state index contributed by atoms with van der Waals surface area (Å²) in [6.07, 6.45) is 1.67. The molecule has 156 valence electrons. The molecule has 0 radical (unpaired) electrons. The standard InChI is InChI=1S/C21H17N5O4S/c1-25-19(15(12-22)13-23-25)24-31(29,30)16-8-6-14(7-9-16)10-11-26-20(27)17-4-2-3-5-18(17)21(26)28/h2-9,13,24H,10-11H2,1H3. The molecule has 2 amide bonds.